The normalized spacial score (nSPS) is 13.4. The maximum absolute atomic E-state index is 12.9. The first kappa shape index (κ1) is 19.6. The number of aryl methyl sites for hydroxylation is 3. The fourth-order valence-electron chi connectivity index (χ4n) is 3.58. The molecule has 1 heterocycles. The Labute approximate surface area is 161 Å². The third kappa shape index (κ3) is 3.93. The van der Waals surface area contributed by atoms with E-state index in [1.165, 1.54) is 0 Å². The number of nitrogens with zero attached hydrogens (tertiary/aromatic N) is 2. The molecule has 2 aromatic carbocycles. The molecule has 27 heavy (non-hydrogen) atoms. The van der Waals surface area contributed by atoms with Gasteiger partial charge in [-0.05, 0) is 51.2 Å². The number of aromatic nitrogens is 1. The summed E-state index contributed by atoms with van der Waals surface area (Å²) < 4.78 is 30.6. The van der Waals surface area contributed by atoms with Crippen molar-refractivity contribution in [2.45, 2.75) is 24.8 Å². The van der Waals surface area contributed by atoms with Gasteiger partial charge in [0.15, 0.2) is 0 Å². The van der Waals surface area contributed by atoms with Crippen molar-refractivity contribution in [3.8, 4) is 0 Å². The molecule has 1 aromatic heterocycles. The van der Waals surface area contributed by atoms with E-state index < -0.39 is 10.0 Å². The molecule has 0 aliphatic carbocycles. The fraction of sp³-hybridized carbons (Fsp3) is 0.333. The Balaban J connectivity index is 1.91. The molecule has 0 fully saturated rings. The van der Waals surface area contributed by atoms with Crippen molar-refractivity contribution in [1.29, 1.82) is 0 Å². The molecule has 3 rings (SSSR count). The van der Waals surface area contributed by atoms with Crippen molar-refractivity contribution in [2.24, 2.45) is 7.05 Å². The standard InChI is InChI=1S/C21H27N3O2S/c1-15-10-11-21(16(2)12-15)27(25,26)22-13-20(23(3)4)18-14-24(5)19-9-7-6-8-17(18)19/h6-12,14,20,22H,13H2,1-5H3. The third-order valence-corrected chi connectivity index (χ3v) is 6.58. The molecule has 3 aromatic rings. The maximum Gasteiger partial charge on any atom is 0.240 e. The summed E-state index contributed by atoms with van der Waals surface area (Å²) in [7, 11) is 2.38. The summed E-state index contributed by atoms with van der Waals surface area (Å²) in [5.41, 5.74) is 4.06. The Kier molecular flexibility index (Phi) is 5.42. The van der Waals surface area contributed by atoms with Crippen LogP contribution in [0.3, 0.4) is 0 Å². The number of hydrogen-bond acceptors (Lipinski definition) is 3. The lowest BCUT2D eigenvalue weighted by atomic mass is 10.1. The van der Waals surface area contributed by atoms with Gasteiger partial charge in [0.1, 0.15) is 0 Å². The van der Waals surface area contributed by atoms with Crippen molar-refractivity contribution < 1.29 is 8.42 Å². The Hall–Kier alpha value is -2.15. The molecule has 5 nitrogen and oxygen atoms in total. The summed E-state index contributed by atoms with van der Waals surface area (Å²) in [6.45, 7) is 4.09. The highest BCUT2D eigenvalue weighted by molar-refractivity contribution is 7.89. The van der Waals surface area contributed by atoms with Crippen LogP contribution in [0.2, 0.25) is 0 Å². The average Bonchev–Trinajstić information content (AvgIpc) is 2.91. The highest BCUT2D eigenvalue weighted by Crippen LogP contribution is 2.28. The summed E-state index contributed by atoms with van der Waals surface area (Å²) in [6.07, 6.45) is 2.08. The van der Waals surface area contributed by atoms with Crippen LogP contribution in [0.15, 0.2) is 53.6 Å². The molecular weight excluding hydrogens is 358 g/mol. The molecule has 0 saturated carbocycles. The van der Waals surface area contributed by atoms with E-state index in [1.54, 1.807) is 6.07 Å². The van der Waals surface area contributed by atoms with Crippen LogP contribution < -0.4 is 4.72 Å². The van der Waals surface area contributed by atoms with Crippen LogP contribution in [0.4, 0.5) is 0 Å². The monoisotopic (exact) mass is 385 g/mol. The van der Waals surface area contributed by atoms with E-state index in [0.717, 1.165) is 27.6 Å². The van der Waals surface area contributed by atoms with E-state index >= 15 is 0 Å². The summed E-state index contributed by atoms with van der Waals surface area (Å²) in [4.78, 5) is 2.38. The van der Waals surface area contributed by atoms with Crippen LogP contribution in [0.5, 0.6) is 0 Å². The van der Waals surface area contributed by atoms with Crippen LogP contribution in [0.25, 0.3) is 10.9 Å². The molecule has 1 N–H and O–H groups in total. The van der Waals surface area contributed by atoms with Crippen LogP contribution in [-0.2, 0) is 17.1 Å². The van der Waals surface area contributed by atoms with Gasteiger partial charge in [-0.15, -0.1) is 0 Å². The lowest BCUT2D eigenvalue weighted by Crippen LogP contribution is -2.34. The first-order valence-corrected chi connectivity index (χ1v) is 10.5. The van der Waals surface area contributed by atoms with Crippen molar-refractivity contribution >= 4 is 20.9 Å². The largest absolute Gasteiger partial charge is 0.350 e. The summed E-state index contributed by atoms with van der Waals surface area (Å²) in [6, 6.07) is 13.5. The van der Waals surface area contributed by atoms with Gasteiger partial charge in [0.2, 0.25) is 10.0 Å². The van der Waals surface area contributed by atoms with Crippen LogP contribution in [-0.4, -0.2) is 38.5 Å². The number of rotatable bonds is 6. The Bertz CT molecular complexity index is 1070. The van der Waals surface area contributed by atoms with Crippen LogP contribution in [0, 0.1) is 13.8 Å². The van der Waals surface area contributed by atoms with E-state index in [0.29, 0.717) is 11.4 Å². The van der Waals surface area contributed by atoms with Gasteiger partial charge in [0, 0.05) is 36.7 Å². The van der Waals surface area contributed by atoms with Gasteiger partial charge in [-0.2, -0.15) is 0 Å². The topological polar surface area (TPSA) is 54.3 Å². The van der Waals surface area contributed by atoms with Crippen molar-refractivity contribution in [2.75, 3.05) is 20.6 Å². The fourth-order valence-corrected chi connectivity index (χ4v) is 4.84. The highest BCUT2D eigenvalue weighted by Gasteiger charge is 2.23. The van der Waals surface area contributed by atoms with Gasteiger partial charge in [0.25, 0.3) is 0 Å². The van der Waals surface area contributed by atoms with Crippen LogP contribution >= 0.6 is 0 Å². The molecule has 0 radical (unpaired) electrons. The first-order chi connectivity index (χ1) is 12.7. The highest BCUT2D eigenvalue weighted by atomic mass is 32.2. The third-order valence-electron chi connectivity index (χ3n) is 5.00. The van der Waals surface area contributed by atoms with Gasteiger partial charge >= 0.3 is 0 Å². The van der Waals surface area contributed by atoms with Crippen molar-refractivity contribution in [1.82, 2.24) is 14.2 Å². The Morgan fingerprint density at radius 2 is 1.81 bits per heavy atom. The zero-order valence-corrected chi connectivity index (χ0v) is 17.3. The quantitative estimate of drug-likeness (QED) is 0.708. The maximum atomic E-state index is 12.9. The van der Waals surface area contributed by atoms with Gasteiger partial charge in [-0.25, -0.2) is 13.1 Å². The number of hydrogen-bond donors (Lipinski definition) is 1. The van der Waals surface area contributed by atoms with E-state index in [4.69, 9.17) is 0 Å². The Morgan fingerprint density at radius 1 is 1.11 bits per heavy atom. The molecule has 0 aliphatic rings. The minimum Gasteiger partial charge on any atom is -0.350 e. The number of para-hydroxylation sites is 1. The molecule has 0 spiro atoms. The molecule has 6 heteroatoms. The zero-order chi connectivity index (χ0) is 19.8. The molecule has 0 aliphatic heterocycles. The predicted octanol–water partition coefficient (Wildman–Crippen LogP) is 3.38. The summed E-state index contributed by atoms with van der Waals surface area (Å²) in [5.74, 6) is 0. The molecule has 144 valence electrons. The molecule has 1 unspecified atom stereocenters. The van der Waals surface area contributed by atoms with Crippen molar-refractivity contribution in [3.63, 3.8) is 0 Å². The average molecular weight is 386 g/mol. The van der Waals surface area contributed by atoms with Gasteiger partial charge in [-0.1, -0.05) is 35.9 Å². The van der Waals surface area contributed by atoms with Crippen LogP contribution in [0.1, 0.15) is 22.7 Å². The minimum atomic E-state index is -3.57. The lowest BCUT2D eigenvalue weighted by molar-refractivity contribution is 0.301. The van der Waals surface area contributed by atoms with Gasteiger partial charge < -0.3 is 9.47 Å². The number of likely N-dealkylation sites (N-methyl/N-ethyl adjacent to an activating group) is 1. The van der Waals surface area contributed by atoms with E-state index in [-0.39, 0.29) is 6.04 Å². The van der Waals surface area contributed by atoms with Crippen molar-refractivity contribution in [3.05, 3.63) is 65.4 Å². The number of nitrogens with one attached hydrogen (secondary N) is 1. The number of fused-ring (bicyclic) bond motifs is 1. The second kappa shape index (κ2) is 7.46. The smallest absolute Gasteiger partial charge is 0.240 e. The second-order valence-electron chi connectivity index (χ2n) is 7.31. The molecule has 0 saturated heterocycles. The van der Waals surface area contributed by atoms with E-state index in [9.17, 15) is 8.42 Å². The summed E-state index contributed by atoms with van der Waals surface area (Å²) in [5, 5.41) is 1.14. The second-order valence-corrected chi connectivity index (χ2v) is 9.05. The number of sulfonamides is 1. The van der Waals surface area contributed by atoms with Gasteiger partial charge in [-0.3, -0.25) is 0 Å². The molecular formula is C21H27N3O2S. The van der Waals surface area contributed by atoms with E-state index in [2.05, 4.69) is 27.6 Å². The SMILES string of the molecule is Cc1ccc(S(=O)(=O)NCC(c2cn(C)c3ccccc23)N(C)C)c(C)c1. The minimum absolute atomic E-state index is 0.0726. The molecule has 0 amide bonds. The van der Waals surface area contributed by atoms with Gasteiger partial charge in [0.05, 0.1) is 4.90 Å². The molecule has 0 bridgehead atoms. The Morgan fingerprint density at radius 3 is 2.48 bits per heavy atom. The predicted molar refractivity (Wildman–Crippen MR) is 110 cm³/mol. The lowest BCUT2D eigenvalue weighted by Gasteiger charge is -2.24. The molecule has 1 atom stereocenters. The van der Waals surface area contributed by atoms with E-state index in [1.807, 2.05) is 64.2 Å². The zero-order valence-electron chi connectivity index (χ0n) is 16.5. The first-order valence-electron chi connectivity index (χ1n) is 8.98. The number of benzene rings is 2. The summed E-state index contributed by atoms with van der Waals surface area (Å²) >= 11 is 0.